The first-order valence-corrected chi connectivity index (χ1v) is 6.41. The molecule has 3 rings (SSSR count). The first-order chi connectivity index (χ1) is 8.33. The van der Waals surface area contributed by atoms with Crippen LogP contribution in [-0.2, 0) is 13.1 Å². The molecule has 1 amide bonds. The third kappa shape index (κ3) is 2.20. The van der Waals surface area contributed by atoms with Crippen molar-refractivity contribution < 1.29 is 4.79 Å². The molecule has 17 heavy (non-hydrogen) atoms. The Balaban J connectivity index is 1.72. The number of nitrogens with zero attached hydrogens (tertiary/aromatic N) is 2. The van der Waals surface area contributed by atoms with Gasteiger partial charge in [-0.2, -0.15) is 5.10 Å². The molecule has 2 aliphatic rings. The van der Waals surface area contributed by atoms with E-state index in [-0.39, 0.29) is 5.91 Å². The highest BCUT2D eigenvalue weighted by Crippen LogP contribution is 2.18. The van der Waals surface area contributed by atoms with E-state index in [1.807, 2.05) is 10.7 Å². The van der Waals surface area contributed by atoms with Gasteiger partial charge in [0, 0.05) is 19.1 Å². The molecule has 2 heterocycles. The lowest BCUT2D eigenvalue weighted by molar-refractivity contribution is 0.0911. The van der Waals surface area contributed by atoms with E-state index in [9.17, 15) is 4.79 Å². The third-order valence-corrected chi connectivity index (χ3v) is 3.57. The minimum absolute atomic E-state index is 0.0183. The molecule has 0 spiro atoms. The summed E-state index contributed by atoms with van der Waals surface area (Å²) in [6.45, 7) is 2.73. The second-order valence-corrected chi connectivity index (χ2v) is 4.88. The molecule has 0 aromatic carbocycles. The highest BCUT2D eigenvalue weighted by molar-refractivity contribution is 5.92. The standard InChI is InChI=1S/C12H18N4O/c17-12(14-9-3-1-4-9)11-7-10-8-13-5-2-6-16(10)15-11/h7,9,13H,1-6,8H2,(H,14,17). The van der Waals surface area contributed by atoms with Crippen molar-refractivity contribution in [1.82, 2.24) is 20.4 Å². The van der Waals surface area contributed by atoms with Crippen LogP contribution in [0.4, 0.5) is 0 Å². The van der Waals surface area contributed by atoms with Gasteiger partial charge in [-0.15, -0.1) is 0 Å². The van der Waals surface area contributed by atoms with E-state index in [1.54, 1.807) is 0 Å². The van der Waals surface area contributed by atoms with Gasteiger partial charge in [0.1, 0.15) is 5.69 Å². The molecule has 1 aromatic heterocycles. The van der Waals surface area contributed by atoms with E-state index in [0.29, 0.717) is 11.7 Å². The zero-order valence-electron chi connectivity index (χ0n) is 9.91. The summed E-state index contributed by atoms with van der Waals surface area (Å²) >= 11 is 0. The smallest absolute Gasteiger partial charge is 0.272 e. The lowest BCUT2D eigenvalue weighted by atomic mass is 9.93. The van der Waals surface area contributed by atoms with Crippen LogP contribution in [0.25, 0.3) is 0 Å². The Morgan fingerprint density at radius 2 is 2.35 bits per heavy atom. The summed E-state index contributed by atoms with van der Waals surface area (Å²) in [6, 6.07) is 2.29. The van der Waals surface area contributed by atoms with Crippen molar-refractivity contribution in [2.24, 2.45) is 0 Å². The topological polar surface area (TPSA) is 59.0 Å². The van der Waals surface area contributed by atoms with Gasteiger partial charge in [0.05, 0.1) is 5.69 Å². The van der Waals surface area contributed by atoms with Gasteiger partial charge in [-0.05, 0) is 38.3 Å². The van der Waals surface area contributed by atoms with Gasteiger partial charge in [-0.3, -0.25) is 9.48 Å². The molecule has 1 fully saturated rings. The highest BCUT2D eigenvalue weighted by atomic mass is 16.2. The average molecular weight is 234 g/mol. The number of carbonyl (C=O) groups excluding carboxylic acids is 1. The fraction of sp³-hybridized carbons (Fsp3) is 0.667. The number of carbonyl (C=O) groups is 1. The maximum atomic E-state index is 11.9. The van der Waals surface area contributed by atoms with Crippen LogP contribution in [0.3, 0.4) is 0 Å². The number of rotatable bonds is 2. The van der Waals surface area contributed by atoms with Gasteiger partial charge in [0.25, 0.3) is 5.91 Å². The number of amides is 1. The van der Waals surface area contributed by atoms with Crippen molar-refractivity contribution in [3.05, 3.63) is 17.5 Å². The largest absolute Gasteiger partial charge is 0.348 e. The fourth-order valence-corrected chi connectivity index (χ4v) is 2.28. The van der Waals surface area contributed by atoms with Crippen molar-refractivity contribution in [3.63, 3.8) is 0 Å². The fourth-order valence-electron chi connectivity index (χ4n) is 2.28. The van der Waals surface area contributed by atoms with E-state index >= 15 is 0 Å². The van der Waals surface area contributed by atoms with Gasteiger partial charge >= 0.3 is 0 Å². The molecular weight excluding hydrogens is 216 g/mol. The Bertz CT molecular complexity index is 399. The molecule has 1 aliphatic heterocycles. The first kappa shape index (κ1) is 10.8. The number of aromatic nitrogens is 2. The average Bonchev–Trinajstić information content (AvgIpc) is 2.55. The molecule has 0 radical (unpaired) electrons. The number of nitrogens with one attached hydrogen (secondary N) is 2. The van der Waals surface area contributed by atoms with E-state index in [2.05, 4.69) is 15.7 Å². The number of hydrogen-bond donors (Lipinski definition) is 2. The normalized spacial score (nSPS) is 20.2. The summed E-state index contributed by atoms with van der Waals surface area (Å²) < 4.78 is 1.95. The Morgan fingerprint density at radius 1 is 1.47 bits per heavy atom. The molecule has 2 N–H and O–H groups in total. The van der Waals surface area contributed by atoms with E-state index < -0.39 is 0 Å². The lowest BCUT2D eigenvalue weighted by Crippen LogP contribution is -2.39. The molecular formula is C12H18N4O. The van der Waals surface area contributed by atoms with Crippen molar-refractivity contribution in [2.75, 3.05) is 6.54 Å². The third-order valence-electron chi connectivity index (χ3n) is 3.57. The molecule has 1 saturated carbocycles. The van der Waals surface area contributed by atoms with Crippen LogP contribution in [0.2, 0.25) is 0 Å². The van der Waals surface area contributed by atoms with Crippen LogP contribution in [0, 0.1) is 0 Å². The quantitative estimate of drug-likeness (QED) is 0.790. The molecule has 92 valence electrons. The second kappa shape index (κ2) is 4.49. The zero-order chi connectivity index (χ0) is 11.7. The Labute approximate surface area is 101 Å². The van der Waals surface area contributed by atoms with Crippen molar-refractivity contribution in [1.29, 1.82) is 0 Å². The number of hydrogen-bond acceptors (Lipinski definition) is 3. The van der Waals surface area contributed by atoms with E-state index in [1.165, 1.54) is 6.42 Å². The van der Waals surface area contributed by atoms with Crippen molar-refractivity contribution >= 4 is 5.91 Å². The van der Waals surface area contributed by atoms with Crippen LogP contribution in [0.1, 0.15) is 41.9 Å². The van der Waals surface area contributed by atoms with Crippen LogP contribution in [0.5, 0.6) is 0 Å². The van der Waals surface area contributed by atoms with Crippen molar-refractivity contribution in [2.45, 2.75) is 44.8 Å². The molecule has 0 atom stereocenters. The zero-order valence-corrected chi connectivity index (χ0v) is 9.91. The van der Waals surface area contributed by atoms with Gasteiger partial charge in [0.2, 0.25) is 0 Å². The first-order valence-electron chi connectivity index (χ1n) is 6.41. The van der Waals surface area contributed by atoms with Crippen LogP contribution < -0.4 is 10.6 Å². The molecule has 0 saturated heterocycles. The van der Waals surface area contributed by atoms with Crippen LogP contribution in [0.15, 0.2) is 6.07 Å². The molecule has 0 bridgehead atoms. The van der Waals surface area contributed by atoms with E-state index in [0.717, 1.165) is 44.6 Å². The summed E-state index contributed by atoms with van der Waals surface area (Å²) in [5.74, 6) is -0.0183. The van der Waals surface area contributed by atoms with Gasteiger partial charge in [0.15, 0.2) is 0 Å². The Morgan fingerprint density at radius 3 is 3.12 bits per heavy atom. The monoisotopic (exact) mass is 234 g/mol. The summed E-state index contributed by atoms with van der Waals surface area (Å²) in [4.78, 5) is 11.9. The maximum absolute atomic E-state index is 11.9. The van der Waals surface area contributed by atoms with Crippen LogP contribution >= 0.6 is 0 Å². The van der Waals surface area contributed by atoms with Crippen LogP contribution in [-0.4, -0.2) is 28.3 Å². The summed E-state index contributed by atoms with van der Waals surface area (Å²) in [5.41, 5.74) is 1.68. The minimum atomic E-state index is -0.0183. The van der Waals surface area contributed by atoms with Gasteiger partial charge < -0.3 is 10.6 Å². The number of aryl methyl sites for hydroxylation is 1. The number of fused-ring (bicyclic) bond motifs is 1. The summed E-state index contributed by atoms with van der Waals surface area (Å²) in [6.07, 6.45) is 4.52. The maximum Gasteiger partial charge on any atom is 0.272 e. The Kier molecular flexibility index (Phi) is 2.84. The summed E-state index contributed by atoms with van der Waals surface area (Å²) in [5, 5.41) is 10.7. The van der Waals surface area contributed by atoms with Gasteiger partial charge in [-0.25, -0.2) is 0 Å². The second-order valence-electron chi connectivity index (χ2n) is 4.88. The minimum Gasteiger partial charge on any atom is -0.348 e. The molecule has 1 aromatic rings. The predicted octanol–water partition coefficient (Wildman–Crippen LogP) is 0.659. The Hall–Kier alpha value is -1.36. The predicted molar refractivity (Wildman–Crippen MR) is 63.7 cm³/mol. The van der Waals surface area contributed by atoms with E-state index in [4.69, 9.17) is 0 Å². The molecule has 1 aliphatic carbocycles. The summed E-state index contributed by atoms with van der Waals surface area (Å²) in [7, 11) is 0. The molecule has 5 nitrogen and oxygen atoms in total. The molecule has 0 unspecified atom stereocenters. The highest BCUT2D eigenvalue weighted by Gasteiger charge is 2.22. The lowest BCUT2D eigenvalue weighted by Gasteiger charge is -2.25. The van der Waals surface area contributed by atoms with Gasteiger partial charge in [-0.1, -0.05) is 0 Å². The SMILES string of the molecule is O=C(NC1CCC1)c1cc2n(n1)CCCNC2. The molecule has 5 heteroatoms. The van der Waals surface area contributed by atoms with Crippen molar-refractivity contribution in [3.8, 4) is 0 Å².